The predicted octanol–water partition coefficient (Wildman–Crippen LogP) is 2.68. The molecule has 1 aromatic heterocycles. The van der Waals surface area contributed by atoms with Gasteiger partial charge < -0.3 is 9.63 Å². The van der Waals surface area contributed by atoms with Gasteiger partial charge in [-0.3, -0.25) is 20.2 Å². The number of aryl methyl sites for hydroxylation is 1. The second-order valence-electron chi connectivity index (χ2n) is 4.08. The fourth-order valence-electron chi connectivity index (χ4n) is 1.68. The lowest BCUT2D eigenvalue weighted by atomic mass is 10.1. The predicted molar refractivity (Wildman–Crippen MR) is 71.6 cm³/mol. The first-order valence-electron chi connectivity index (χ1n) is 5.66. The highest BCUT2D eigenvalue weighted by atomic mass is 16.6. The van der Waals surface area contributed by atoms with Crippen LogP contribution in [0.3, 0.4) is 0 Å². The molecule has 0 spiro atoms. The van der Waals surface area contributed by atoms with Crippen molar-refractivity contribution in [3.8, 4) is 5.75 Å². The van der Waals surface area contributed by atoms with Crippen LogP contribution >= 0.6 is 0 Å². The number of phenols is 1. The number of nitrogens with zero attached hydrogens (tertiary/aromatic N) is 3. The molecule has 0 radical (unpaired) electrons. The molecule has 1 N–H and O–H groups in total. The van der Waals surface area contributed by atoms with Crippen LogP contribution in [0.5, 0.6) is 5.75 Å². The third-order valence-electron chi connectivity index (χ3n) is 2.66. The molecule has 0 saturated carbocycles. The Balaban J connectivity index is 2.36. The molecule has 0 aliphatic carbocycles. The number of nitro groups is 2. The Bertz CT molecular complexity index is 749. The van der Waals surface area contributed by atoms with Crippen LogP contribution in [0.1, 0.15) is 17.0 Å². The molecule has 21 heavy (non-hydrogen) atoms. The molecule has 0 bridgehead atoms. The Hall–Kier alpha value is -3.23. The first-order chi connectivity index (χ1) is 9.90. The maximum absolute atomic E-state index is 10.9. The SMILES string of the molecule is Cc1noc(/C=C\c2ccc(O)c([N+](=O)[O-])c2)c1[N+](=O)[O-]. The highest BCUT2D eigenvalue weighted by Crippen LogP contribution is 2.28. The van der Waals surface area contributed by atoms with Crippen molar-refractivity contribution in [2.24, 2.45) is 0 Å². The van der Waals surface area contributed by atoms with Crippen molar-refractivity contribution in [2.45, 2.75) is 6.92 Å². The van der Waals surface area contributed by atoms with E-state index in [9.17, 15) is 25.3 Å². The summed E-state index contributed by atoms with van der Waals surface area (Å²) in [4.78, 5) is 20.2. The van der Waals surface area contributed by atoms with Crippen molar-refractivity contribution in [2.75, 3.05) is 0 Å². The van der Waals surface area contributed by atoms with Crippen LogP contribution in [0.2, 0.25) is 0 Å². The molecule has 0 saturated heterocycles. The van der Waals surface area contributed by atoms with E-state index in [2.05, 4.69) is 5.16 Å². The fourth-order valence-corrected chi connectivity index (χ4v) is 1.68. The summed E-state index contributed by atoms with van der Waals surface area (Å²) >= 11 is 0. The molecule has 1 aromatic carbocycles. The number of rotatable bonds is 4. The highest BCUT2D eigenvalue weighted by Gasteiger charge is 2.22. The Kier molecular flexibility index (Phi) is 3.65. The molecule has 2 aromatic rings. The summed E-state index contributed by atoms with van der Waals surface area (Å²) in [5.74, 6) is -0.521. The van der Waals surface area contributed by atoms with Gasteiger partial charge in [-0.15, -0.1) is 0 Å². The molecular formula is C12H9N3O6. The van der Waals surface area contributed by atoms with Gasteiger partial charge in [0.05, 0.1) is 9.85 Å². The summed E-state index contributed by atoms with van der Waals surface area (Å²) < 4.78 is 4.82. The third-order valence-corrected chi connectivity index (χ3v) is 2.66. The second-order valence-corrected chi connectivity index (χ2v) is 4.08. The van der Waals surface area contributed by atoms with E-state index in [1.807, 2.05) is 0 Å². The number of phenolic OH excluding ortho intramolecular Hbond substituents is 1. The topological polar surface area (TPSA) is 133 Å². The molecule has 0 fully saturated rings. The lowest BCUT2D eigenvalue weighted by molar-refractivity contribution is -0.386. The van der Waals surface area contributed by atoms with Crippen molar-refractivity contribution >= 4 is 23.5 Å². The van der Waals surface area contributed by atoms with E-state index in [1.54, 1.807) is 0 Å². The van der Waals surface area contributed by atoms with Gasteiger partial charge >= 0.3 is 11.4 Å². The molecule has 9 heteroatoms. The number of aromatic hydroxyl groups is 1. The van der Waals surface area contributed by atoms with Crippen LogP contribution in [0.15, 0.2) is 22.7 Å². The van der Waals surface area contributed by atoms with E-state index >= 15 is 0 Å². The molecule has 9 nitrogen and oxygen atoms in total. The molecule has 108 valence electrons. The van der Waals surface area contributed by atoms with E-state index in [-0.39, 0.29) is 17.1 Å². The molecule has 1 heterocycles. The normalized spacial score (nSPS) is 10.9. The molecule has 0 unspecified atom stereocenters. The minimum absolute atomic E-state index is 0.0618. The fraction of sp³-hybridized carbons (Fsp3) is 0.0833. The molecular weight excluding hydrogens is 282 g/mol. The number of benzene rings is 1. The summed E-state index contributed by atoms with van der Waals surface area (Å²) in [6, 6.07) is 3.73. The zero-order valence-electron chi connectivity index (χ0n) is 10.7. The largest absolute Gasteiger partial charge is 0.502 e. The highest BCUT2D eigenvalue weighted by molar-refractivity contribution is 5.73. The zero-order valence-corrected chi connectivity index (χ0v) is 10.7. The summed E-state index contributed by atoms with van der Waals surface area (Å²) in [5, 5.41) is 34.4. The standard InChI is InChI=1S/C12H9N3O6/c1-7-12(15(19)20)11(21-13-7)5-3-8-2-4-10(16)9(6-8)14(17)18/h2-6,16H,1H3/b5-3-. The summed E-state index contributed by atoms with van der Waals surface area (Å²) in [6.45, 7) is 1.43. The lowest BCUT2D eigenvalue weighted by Gasteiger charge is -1.97. The smallest absolute Gasteiger partial charge is 0.338 e. The monoisotopic (exact) mass is 291 g/mol. The summed E-state index contributed by atoms with van der Waals surface area (Å²) in [7, 11) is 0. The lowest BCUT2D eigenvalue weighted by Crippen LogP contribution is -1.90. The maximum atomic E-state index is 10.9. The van der Waals surface area contributed by atoms with Crippen molar-refractivity contribution in [3.63, 3.8) is 0 Å². The summed E-state index contributed by atoms with van der Waals surface area (Å²) in [6.07, 6.45) is 2.67. The van der Waals surface area contributed by atoms with Gasteiger partial charge in [0.1, 0.15) is 0 Å². The van der Waals surface area contributed by atoms with Crippen molar-refractivity contribution in [1.82, 2.24) is 5.16 Å². The van der Waals surface area contributed by atoms with Crippen LogP contribution < -0.4 is 0 Å². The van der Waals surface area contributed by atoms with Crippen LogP contribution in [0, 0.1) is 27.2 Å². The third kappa shape index (κ3) is 2.86. The van der Waals surface area contributed by atoms with Crippen LogP contribution in [-0.4, -0.2) is 20.1 Å². The molecule has 0 aliphatic rings. The number of aromatic nitrogens is 1. The first-order valence-corrected chi connectivity index (χ1v) is 5.66. The van der Waals surface area contributed by atoms with Gasteiger partial charge in [0, 0.05) is 6.07 Å². The molecule has 0 atom stereocenters. The van der Waals surface area contributed by atoms with Gasteiger partial charge in [-0.05, 0) is 24.6 Å². The van der Waals surface area contributed by atoms with E-state index in [4.69, 9.17) is 4.52 Å². The van der Waals surface area contributed by atoms with Crippen LogP contribution in [-0.2, 0) is 0 Å². The minimum atomic E-state index is -0.728. The number of hydrogen-bond acceptors (Lipinski definition) is 7. The van der Waals surface area contributed by atoms with Crippen molar-refractivity contribution in [3.05, 3.63) is 55.4 Å². The molecule has 0 aliphatic heterocycles. The van der Waals surface area contributed by atoms with Crippen LogP contribution in [0.25, 0.3) is 12.2 Å². The van der Waals surface area contributed by atoms with E-state index in [0.29, 0.717) is 5.56 Å². The maximum Gasteiger partial charge on any atom is 0.338 e. The second kappa shape index (κ2) is 5.41. The van der Waals surface area contributed by atoms with Gasteiger partial charge in [0.2, 0.25) is 5.76 Å². The Morgan fingerprint density at radius 1 is 1.24 bits per heavy atom. The quantitative estimate of drug-likeness (QED) is 0.676. The van der Waals surface area contributed by atoms with Crippen molar-refractivity contribution < 1.29 is 19.5 Å². The van der Waals surface area contributed by atoms with E-state index < -0.39 is 21.3 Å². The molecule has 0 amide bonds. The van der Waals surface area contributed by atoms with E-state index in [0.717, 1.165) is 12.1 Å². The zero-order chi connectivity index (χ0) is 15.6. The van der Waals surface area contributed by atoms with Gasteiger partial charge in [0.15, 0.2) is 11.4 Å². The average molecular weight is 291 g/mol. The number of hydrogen-bond donors (Lipinski definition) is 1. The molecule has 2 rings (SSSR count). The van der Waals surface area contributed by atoms with Gasteiger partial charge in [-0.2, -0.15) is 0 Å². The van der Waals surface area contributed by atoms with Gasteiger partial charge in [-0.1, -0.05) is 17.3 Å². The minimum Gasteiger partial charge on any atom is -0.502 e. The van der Waals surface area contributed by atoms with Crippen molar-refractivity contribution in [1.29, 1.82) is 0 Å². The first kappa shape index (κ1) is 14.2. The van der Waals surface area contributed by atoms with Crippen LogP contribution in [0.4, 0.5) is 11.4 Å². The Morgan fingerprint density at radius 2 is 1.95 bits per heavy atom. The van der Waals surface area contributed by atoms with Gasteiger partial charge in [-0.25, -0.2) is 0 Å². The summed E-state index contributed by atoms with van der Waals surface area (Å²) in [5.41, 5.74) is -0.209. The Morgan fingerprint density at radius 3 is 2.57 bits per heavy atom. The van der Waals surface area contributed by atoms with Gasteiger partial charge in [0.25, 0.3) is 0 Å². The number of nitro benzene ring substituents is 1. The Labute approximate surface area is 117 Å². The average Bonchev–Trinajstić information content (AvgIpc) is 2.78. The van der Waals surface area contributed by atoms with E-state index in [1.165, 1.54) is 25.1 Å².